The first-order valence-electron chi connectivity index (χ1n) is 4.69. The summed E-state index contributed by atoms with van der Waals surface area (Å²) in [5.41, 5.74) is 5.12. The molecule has 0 saturated heterocycles. The molecule has 0 aliphatic heterocycles. The van der Waals surface area contributed by atoms with E-state index in [9.17, 15) is 4.79 Å². The van der Waals surface area contributed by atoms with Gasteiger partial charge in [-0.05, 0) is 12.1 Å². The molecular formula is C10H10N4O3S. The van der Waals surface area contributed by atoms with Gasteiger partial charge in [-0.3, -0.25) is 0 Å². The summed E-state index contributed by atoms with van der Waals surface area (Å²) in [7, 11) is 0. The van der Waals surface area contributed by atoms with Gasteiger partial charge in [0.25, 0.3) is 0 Å². The highest BCUT2D eigenvalue weighted by atomic mass is 32.1. The van der Waals surface area contributed by atoms with Crippen molar-refractivity contribution in [3.63, 3.8) is 0 Å². The number of nitrogen functional groups attached to an aromatic ring is 1. The zero-order valence-corrected chi connectivity index (χ0v) is 9.95. The summed E-state index contributed by atoms with van der Waals surface area (Å²) in [5.74, 6) is -0.624. The highest BCUT2D eigenvalue weighted by molar-refractivity contribution is 7.09. The topological polar surface area (TPSA) is 111 Å². The van der Waals surface area contributed by atoms with Crippen molar-refractivity contribution in [2.45, 2.75) is 0 Å². The van der Waals surface area contributed by atoms with Crippen molar-refractivity contribution in [3.05, 3.63) is 36.7 Å². The Kier molecular flexibility index (Phi) is 5.84. The van der Waals surface area contributed by atoms with Crippen molar-refractivity contribution < 1.29 is 14.7 Å². The third-order valence-corrected chi connectivity index (χ3v) is 1.93. The molecule has 0 unspecified atom stereocenters. The Balaban J connectivity index is 0.000000225. The molecule has 0 bridgehead atoms. The number of carboxylic acids is 1. The number of oxime groups is 1. The van der Waals surface area contributed by atoms with Gasteiger partial charge in [0.15, 0.2) is 17.1 Å². The molecular weight excluding hydrogens is 256 g/mol. The molecule has 0 radical (unpaired) electrons. The first-order chi connectivity index (χ1) is 8.68. The monoisotopic (exact) mass is 266 g/mol. The lowest BCUT2D eigenvalue weighted by atomic mass is 10.3. The predicted molar refractivity (Wildman–Crippen MR) is 67.5 cm³/mol. The van der Waals surface area contributed by atoms with Crippen LogP contribution in [0.25, 0.3) is 0 Å². The van der Waals surface area contributed by atoms with Gasteiger partial charge >= 0.3 is 5.97 Å². The van der Waals surface area contributed by atoms with E-state index in [1.807, 2.05) is 6.07 Å². The maximum absolute atomic E-state index is 9.96. The van der Waals surface area contributed by atoms with Gasteiger partial charge in [-0.15, -0.1) is 0 Å². The zero-order valence-electron chi connectivity index (χ0n) is 9.13. The van der Waals surface area contributed by atoms with Crippen molar-refractivity contribution in [2.24, 2.45) is 5.16 Å². The quantitative estimate of drug-likeness (QED) is 0.639. The summed E-state index contributed by atoms with van der Waals surface area (Å²) >= 11 is 1.19. The van der Waals surface area contributed by atoms with Crippen LogP contribution in [-0.4, -0.2) is 26.6 Å². The Morgan fingerprint density at radius 1 is 1.44 bits per heavy atom. The number of anilines is 1. The first-order valence-corrected chi connectivity index (χ1v) is 5.46. The predicted octanol–water partition coefficient (Wildman–Crippen LogP) is 1.26. The number of nitrogens with two attached hydrogens (primary N) is 1. The fourth-order valence-corrected chi connectivity index (χ4v) is 1.09. The van der Waals surface area contributed by atoms with Crippen LogP contribution in [0.3, 0.4) is 0 Å². The zero-order chi connectivity index (χ0) is 13.2. The van der Waals surface area contributed by atoms with Crippen LogP contribution in [0.4, 0.5) is 5.13 Å². The Morgan fingerprint density at radius 3 is 2.61 bits per heavy atom. The minimum Gasteiger partial charge on any atom is -0.477 e. The van der Waals surface area contributed by atoms with E-state index < -0.39 is 5.97 Å². The van der Waals surface area contributed by atoms with Gasteiger partial charge in [0.2, 0.25) is 0 Å². The van der Waals surface area contributed by atoms with Crippen molar-refractivity contribution >= 4 is 28.8 Å². The van der Waals surface area contributed by atoms with Crippen LogP contribution in [-0.2, 0) is 4.79 Å². The highest BCUT2D eigenvalue weighted by Crippen LogP contribution is 2.07. The van der Waals surface area contributed by atoms with Crippen molar-refractivity contribution in [3.8, 4) is 5.75 Å². The van der Waals surface area contributed by atoms with Crippen LogP contribution in [0, 0.1) is 0 Å². The van der Waals surface area contributed by atoms with Gasteiger partial charge in [-0.2, -0.15) is 4.37 Å². The van der Waals surface area contributed by atoms with Gasteiger partial charge in [-0.1, -0.05) is 23.4 Å². The average Bonchev–Trinajstić information content (AvgIpc) is 2.82. The number of rotatable bonds is 3. The second kappa shape index (κ2) is 7.74. The van der Waals surface area contributed by atoms with E-state index in [0.717, 1.165) is 0 Å². The number of aromatic nitrogens is 2. The molecule has 0 aliphatic carbocycles. The van der Waals surface area contributed by atoms with E-state index in [4.69, 9.17) is 15.7 Å². The van der Waals surface area contributed by atoms with E-state index in [-0.39, 0.29) is 0 Å². The molecule has 0 saturated carbocycles. The Morgan fingerprint density at radius 2 is 2.17 bits per heavy atom. The second-order valence-corrected chi connectivity index (χ2v) is 3.57. The maximum Gasteiger partial charge on any atom is 0.350 e. The molecule has 0 aliphatic rings. The molecule has 1 aromatic heterocycles. The number of benzene rings is 1. The Bertz CT molecular complexity index is 487. The summed E-state index contributed by atoms with van der Waals surface area (Å²) in [6, 6.07) is 8.73. The van der Waals surface area contributed by atoms with Gasteiger partial charge in [0.05, 0.1) is 0 Å². The van der Waals surface area contributed by atoms with Crippen LogP contribution < -0.4 is 10.6 Å². The number of nitrogens with zero attached hydrogens (tertiary/aromatic N) is 3. The van der Waals surface area contributed by atoms with Crippen LogP contribution >= 0.6 is 11.5 Å². The van der Waals surface area contributed by atoms with Gasteiger partial charge in [-0.25, -0.2) is 9.78 Å². The molecule has 0 spiro atoms. The molecule has 18 heavy (non-hydrogen) atoms. The molecule has 7 nitrogen and oxygen atoms in total. The van der Waals surface area contributed by atoms with Crippen LogP contribution in [0.2, 0.25) is 0 Å². The smallest absolute Gasteiger partial charge is 0.350 e. The molecule has 0 atom stereocenters. The largest absolute Gasteiger partial charge is 0.477 e. The molecule has 2 rings (SSSR count). The number of hydrogen-bond acceptors (Lipinski definition) is 7. The standard InChI is InChI=1S/C8H7NO3.C2H3N3S/c10-8(11)6-9-12-7-4-2-1-3-5-7;3-2-4-1-5-6-2/h1-6H,(H,10,11);1H,(H2,3,4,5). The normalized spacial score (nSPS) is 9.56. The summed E-state index contributed by atoms with van der Waals surface area (Å²) in [6.45, 7) is 0. The summed E-state index contributed by atoms with van der Waals surface area (Å²) in [4.78, 5) is 18.3. The van der Waals surface area contributed by atoms with Crippen molar-refractivity contribution in [2.75, 3.05) is 5.73 Å². The maximum atomic E-state index is 9.96. The van der Waals surface area contributed by atoms with Crippen LogP contribution in [0.1, 0.15) is 0 Å². The van der Waals surface area contributed by atoms with Crippen LogP contribution in [0.15, 0.2) is 41.8 Å². The van der Waals surface area contributed by atoms with E-state index in [1.165, 1.54) is 17.9 Å². The number of carbonyl (C=O) groups is 1. The SMILES string of the molecule is Nc1ncns1.O=C(O)C=NOc1ccccc1. The van der Waals surface area contributed by atoms with Crippen molar-refractivity contribution in [1.29, 1.82) is 0 Å². The summed E-state index contributed by atoms with van der Waals surface area (Å²) < 4.78 is 3.63. The number of hydrogen-bond donors (Lipinski definition) is 2. The van der Waals surface area contributed by atoms with Crippen molar-refractivity contribution in [1.82, 2.24) is 9.36 Å². The lowest BCUT2D eigenvalue weighted by Gasteiger charge is -1.94. The van der Waals surface area contributed by atoms with E-state index in [2.05, 4.69) is 14.5 Å². The minimum absolute atomic E-state index is 0.509. The summed E-state index contributed by atoms with van der Waals surface area (Å²) in [5, 5.41) is 11.9. The molecule has 1 heterocycles. The lowest BCUT2D eigenvalue weighted by molar-refractivity contribution is -0.128. The number of carboxylic acid groups (broad SMARTS) is 1. The molecule has 8 heteroatoms. The Hall–Kier alpha value is -2.48. The highest BCUT2D eigenvalue weighted by Gasteiger charge is 1.89. The average molecular weight is 266 g/mol. The molecule has 94 valence electrons. The van der Waals surface area contributed by atoms with E-state index in [1.54, 1.807) is 24.3 Å². The van der Waals surface area contributed by atoms with Gasteiger partial charge in [0.1, 0.15) is 6.33 Å². The van der Waals surface area contributed by atoms with E-state index in [0.29, 0.717) is 17.1 Å². The first kappa shape index (κ1) is 13.6. The molecule has 0 fully saturated rings. The van der Waals surface area contributed by atoms with Gasteiger partial charge in [0, 0.05) is 11.5 Å². The molecule has 0 amide bonds. The van der Waals surface area contributed by atoms with E-state index >= 15 is 0 Å². The third-order valence-electron chi connectivity index (χ3n) is 1.44. The number of aliphatic carboxylic acids is 1. The second-order valence-electron chi connectivity index (χ2n) is 2.76. The third kappa shape index (κ3) is 6.18. The lowest BCUT2D eigenvalue weighted by Crippen LogP contribution is -1.96. The summed E-state index contributed by atoms with van der Waals surface area (Å²) in [6.07, 6.45) is 2.12. The molecule has 3 N–H and O–H groups in total. The van der Waals surface area contributed by atoms with Gasteiger partial charge < -0.3 is 15.7 Å². The minimum atomic E-state index is -1.13. The fourth-order valence-electron chi connectivity index (χ4n) is 0.795. The Labute approximate surface area is 107 Å². The molecule has 2 aromatic rings. The number of para-hydroxylation sites is 1. The fraction of sp³-hybridized carbons (Fsp3) is 0. The molecule has 1 aromatic carbocycles. The van der Waals surface area contributed by atoms with Crippen LogP contribution in [0.5, 0.6) is 5.75 Å².